The van der Waals surface area contributed by atoms with Gasteiger partial charge in [0.2, 0.25) is 5.91 Å². The number of rotatable bonds is 6. The molecule has 1 atom stereocenters. The maximum absolute atomic E-state index is 12.7. The van der Waals surface area contributed by atoms with Crippen LogP contribution in [0.15, 0.2) is 54.6 Å². The number of nitrogens with zero attached hydrogens (tertiary/aromatic N) is 1. The molecule has 150 valence electrons. The second-order valence-corrected chi connectivity index (χ2v) is 6.99. The van der Waals surface area contributed by atoms with Crippen molar-refractivity contribution in [2.24, 2.45) is 11.7 Å². The number of likely N-dealkylation sites (tertiary alicyclic amines) is 1. The van der Waals surface area contributed by atoms with E-state index < -0.39 is 6.04 Å². The van der Waals surface area contributed by atoms with Gasteiger partial charge in [-0.15, -0.1) is 12.4 Å². The van der Waals surface area contributed by atoms with Crippen LogP contribution in [0, 0.1) is 5.92 Å². The van der Waals surface area contributed by atoms with Crippen LogP contribution in [0.1, 0.15) is 28.8 Å². The standard InChI is InChI=1S/C22H26N2O3.ClH/c1-27-19-9-7-17(8-10-19)21(25)18-11-13-24(14-12-18)22(26)20(23)15-16-5-3-2-4-6-16;/h2-10,18,20H,11-15,23H2,1H3;1H. The minimum Gasteiger partial charge on any atom is -0.497 e. The monoisotopic (exact) mass is 402 g/mol. The molecular formula is C22H27ClN2O3. The molecule has 0 aliphatic carbocycles. The molecule has 0 bridgehead atoms. The first-order valence-electron chi connectivity index (χ1n) is 9.35. The Bertz CT molecular complexity index is 772. The quantitative estimate of drug-likeness (QED) is 0.753. The van der Waals surface area contributed by atoms with E-state index in [1.807, 2.05) is 30.3 Å². The number of carbonyl (C=O) groups excluding carboxylic acids is 2. The maximum Gasteiger partial charge on any atom is 0.239 e. The molecule has 1 aliphatic rings. The van der Waals surface area contributed by atoms with Gasteiger partial charge in [0.25, 0.3) is 0 Å². The first kappa shape index (κ1) is 21.9. The van der Waals surface area contributed by atoms with Gasteiger partial charge >= 0.3 is 0 Å². The highest BCUT2D eigenvalue weighted by Crippen LogP contribution is 2.23. The Balaban J connectivity index is 0.00000280. The van der Waals surface area contributed by atoms with E-state index in [1.165, 1.54) is 0 Å². The summed E-state index contributed by atoms with van der Waals surface area (Å²) in [7, 11) is 1.60. The number of hydrogen-bond acceptors (Lipinski definition) is 4. The van der Waals surface area contributed by atoms with E-state index in [0.717, 1.165) is 11.3 Å². The Hall–Kier alpha value is -2.37. The highest BCUT2D eigenvalue weighted by atomic mass is 35.5. The summed E-state index contributed by atoms with van der Waals surface area (Å²) >= 11 is 0. The Morgan fingerprint density at radius 1 is 1.07 bits per heavy atom. The molecule has 0 spiro atoms. The number of benzene rings is 2. The summed E-state index contributed by atoms with van der Waals surface area (Å²) in [5, 5.41) is 0. The van der Waals surface area contributed by atoms with E-state index in [2.05, 4.69) is 0 Å². The number of ketones is 1. The van der Waals surface area contributed by atoms with Gasteiger partial charge in [-0.1, -0.05) is 30.3 Å². The highest BCUT2D eigenvalue weighted by molar-refractivity contribution is 5.98. The molecule has 1 saturated heterocycles. The first-order valence-corrected chi connectivity index (χ1v) is 9.35. The molecule has 0 radical (unpaired) electrons. The largest absolute Gasteiger partial charge is 0.497 e. The number of halogens is 1. The lowest BCUT2D eigenvalue weighted by atomic mass is 9.88. The molecule has 1 amide bonds. The fourth-order valence-electron chi connectivity index (χ4n) is 3.54. The molecule has 2 aromatic rings. The Morgan fingerprint density at radius 3 is 2.25 bits per heavy atom. The van der Waals surface area contributed by atoms with Gasteiger partial charge in [0, 0.05) is 24.6 Å². The van der Waals surface area contributed by atoms with Crippen LogP contribution in [0.25, 0.3) is 0 Å². The van der Waals surface area contributed by atoms with Crippen LogP contribution in [-0.2, 0) is 11.2 Å². The van der Waals surface area contributed by atoms with E-state index in [4.69, 9.17) is 10.5 Å². The third-order valence-electron chi connectivity index (χ3n) is 5.17. The van der Waals surface area contributed by atoms with Gasteiger partial charge in [0.1, 0.15) is 5.75 Å². The topological polar surface area (TPSA) is 72.6 Å². The van der Waals surface area contributed by atoms with Crippen molar-refractivity contribution in [2.75, 3.05) is 20.2 Å². The van der Waals surface area contributed by atoms with Crippen LogP contribution >= 0.6 is 12.4 Å². The van der Waals surface area contributed by atoms with E-state index in [1.54, 1.807) is 36.3 Å². The first-order chi connectivity index (χ1) is 13.1. The number of ether oxygens (including phenoxy) is 1. The van der Waals surface area contributed by atoms with Crippen LogP contribution in [0.2, 0.25) is 0 Å². The predicted molar refractivity (Wildman–Crippen MR) is 112 cm³/mol. The van der Waals surface area contributed by atoms with Crippen LogP contribution in [0.5, 0.6) is 5.75 Å². The van der Waals surface area contributed by atoms with Crippen molar-refractivity contribution in [3.63, 3.8) is 0 Å². The lowest BCUT2D eigenvalue weighted by Crippen LogP contribution is -2.48. The summed E-state index contributed by atoms with van der Waals surface area (Å²) in [4.78, 5) is 27.1. The number of Topliss-reactive ketones (excluding diaryl/α,β-unsaturated/α-hetero) is 1. The lowest BCUT2D eigenvalue weighted by molar-refractivity contribution is -0.133. The third kappa shape index (κ3) is 5.33. The molecule has 6 heteroatoms. The number of piperidine rings is 1. The van der Waals surface area contributed by atoms with Crippen LogP contribution < -0.4 is 10.5 Å². The normalized spacial score (nSPS) is 15.4. The van der Waals surface area contributed by atoms with Gasteiger partial charge in [0.05, 0.1) is 13.2 Å². The fraction of sp³-hybridized carbons (Fsp3) is 0.364. The molecule has 1 aliphatic heterocycles. The molecule has 2 aromatic carbocycles. The summed E-state index contributed by atoms with van der Waals surface area (Å²) in [6, 6.07) is 16.5. The van der Waals surface area contributed by atoms with E-state index in [9.17, 15) is 9.59 Å². The zero-order valence-corrected chi connectivity index (χ0v) is 16.9. The maximum atomic E-state index is 12.7. The van der Waals surface area contributed by atoms with Gasteiger partial charge in [-0.2, -0.15) is 0 Å². The second kappa shape index (κ2) is 10.2. The van der Waals surface area contributed by atoms with Crippen molar-refractivity contribution in [3.05, 3.63) is 65.7 Å². The van der Waals surface area contributed by atoms with Crippen molar-refractivity contribution in [2.45, 2.75) is 25.3 Å². The third-order valence-corrected chi connectivity index (χ3v) is 5.17. The molecule has 28 heavy (non-hydrogen) atoms. The highest BCUT2D eigenvalue weighted by Gasteiger charge is 2.30. The summed E-state index contributed by atoms with van der Waals surface area (Å²) in [6.07, 6.45) is 1.88. The molecule has 3 rings (SSSR count). The number of nitrogens with two attached hydrogens (primary N) is 1. The molecule has 0 aromatic heterocycles. The van der Waals surface area contributed by atoms with Gasteiger partial charge in [0.15, 0.2) is 5.78 Å². The second-order valence-electron chi connectivity index (χ2n) is 6.99. The average molecular weight is 403 g/mol. The van der Waals surface area contributed by atoms with E-state index in [-0.39, 0.29) is 30.0 Å². The molecule has 2 N–H and O–H groups in total. The van der Waals surface area contributed by atoms with Gasteiger partial charge < -0.3 is 15.4 Å². The van der Waals surface area contributed by atoms with Crippen LogP contribution in [0.3, 0.4) is 0 Å². The lowest BCUT2D eigenvalue weighted by Gasteiger charge is -2.33. The van der Waals surface area contributed by atoms with Gasteiger partial charge in [-0.25, -0.2) is 0 Å². The zero-order chi connectivity index (χ0) is 19.2. The Morgan fingerprint density at radius 2 is 1.68 bits per heavy atom. The van der Waals surface area contributed by atoms with Crippen molar-refractivity contribution in [3.8, 4) is 5.75 Å². The Kier molecular flexibility index (Phi) is 8.03. The van der Waals surface area contributed by atoms with E-state index in [0.29, 0.717) is 37.9 Å². The van der Waals surface area contributed by atoms with Crippen molar-refractivity contribution >= 4 is 24.1 Å². The van der Waals surface area contributed by atoms with E-state index >= 15 is 0 Å². The summed E-state index contributed by atoms with van der Waals surface area (Å²) in [5.41, 5.74) is 7.88. The van der Waals surface area contributed by atoms with Crippen molar-refractivity contribution in [1.82, 2.24) is 4.90 Å². The summed E-state index contributed by atoms with van der Waals surface area (Å²) < 4.78 is 5.13. The Labute approximate surface area is 172 Å². The number of methoxy groups -OCH3 is 1. The summed E-state index contributed by atoms with van der Waals surface area (Å²) in [6.45, 7) is 1.15. The number of hydrogen-bond donors (Lipinski definition) is 1. The predicted octanol–water partition coefficient (Wildman–Crippen LogP) is 3.11. The molecular weight excluding hydrogens is 376 g/mol. The van der Waals surface area contributed by atoms with Crippen molar-refractivity contribution in [1.29, 1.82) is 0 Å². The van der Waals surface area contributed by atoms with Crippen LogP contribution in [0.4, 0.5) is 0 Å². The molecule has 1 unspecified atom stereocenters. The SMILES string of the molecule is COc1ccc(C(=O)C2CCN(C(=O)C(N)Cc3ccccc3)CC2)cc1.Cl. The van der Waals surface area contributed by atoms with Gasteiger partial charge in [-0.3, -0.25) is 9.59 Å². The minimum absolute atomic E-state index is 0. The smallest absolute Gasteiger partial charge is 0.239 e. The van der Waals surface area contributed by atoms with Crippen LogP contribution in [-0.4, -0.2) is 42.8 Å². The number of carbonyl (C=O) groups is 2. The minimum atomic E-state index is -0.541. The fourth-order valence-corrected chi connectivity index (χ4v) is 3.54. The number of amides is 1. The van der Waals surface area contributed by atoms with Gasteiger partial charge in [-0.05, 0) is 49.1 Å². The summed E-state index contributed by atoms with van der Waals surface area (Å²) in [5.74, 6) is 0.791. The average Bonchev–Trinajstić information content (AvgIpc) is 2.73. The van der Waals surface area contributed by atoms with Crippen molar-refractivity contribution < 1.29 is 14.3 Å². The molecule has 1 heterocycles. The molecule has 1 fully saturated rings. The molecule has 0 saturated carbocycles. The zero-order valence-electron chi connectivity index (χ0n) is 16.0. The molecule has 5 nitrogen and oxygen atoms in total.